The van der Waals surface area contributed by atoms with Crippen molar-refractivity contribution in [3.05, 3.63) is 35.4 Å². The van der Waals surface area contributed by atoms with Crippen molar-refractivity contribution in [1.29, 1.82) is 0 Å². The highest BCUT2D eigenvalue weighted by molar-refractivity contribution is 5.89. The summed E-state index contributed by atoms with van der Waals surface area (Å²) < 4.78 is 0. The molecule has 0 radical (unpaired) electrons. The average Bonchev–Trinajstić information content (AvgIpc) is 2.82. The topological polar surface area (TPSA) is 20.3 Å². The van der Waals surface area contributed by atoms with Crippen molar-refractivity contribution in [3.63, 3.8) is 0 Å². The maximum Gasteiger partial charge on any atom is 0.156 e. The zero-order valence-electron chi connectivity index (χ0n) is 11.7. The number of aryl methyl sites for hydroxylation is 1. The van der Waals surface area contributed by atoms with E-state index in [9.17, 15) is 4.79 Å². The number of likely N-dealkylation sites (tertiary alicyclic amines) is 1. The summed E-state index contributed by atoms with van der Waals surface area (Å²) in [4.78, 5) is 14.8. The number of carbonyl (C=O) groups excluding carboxylic acids is 1. The summed E-state index contributed by atoms with van der Waals surface area (Å²) in [5.74, 6) is 0.329. The van der Waals surface area contributed by atoms with Crippen molar-refractivity contribution in [2.75, 3.05) is 13.1 Å². The predicted octanol–water partition coefficient (Wildman–Crippen LogP) is 2.98. The van der Waals surface area contributed by atoms with E-state index in [2.05, 4.69) is 37.8 Å². The number of benzene rings is 1. The van der Waals surface area contributed by atoms with Crippen molar-refractivity contribution in [1.82, 2.24) is 4.90 Å². The van der Waals surface area contributed by atoms with Gasteiger partial charge in [0.2, 0.25) is 0 Å². The highest BCUT2D eigenvalue weighted by Gasteiger charge is 2.35. The molecule has 98 valence electrons. The van der Waals surface area contributed by atoms with Crippen LogP contribution >= 0.6 is 0 Å². The second-order valence-electron chi connectivity index (χ2n) is 5.84. The number of carbonyl (C=O) groups is 1. The van der Waals surface area contributed by atoms with Crippen molar-refractivity contribution in [2.45, 2.75) is 45.6 Å². The summed E-state index contributed by atoms with van der Waals surface area (Å²) in [6.07, 6.45) is 2.99. The molecule has 0 N–H and O–H groups in total. The molecule has 0 aliphatic carbocycles. The van der Waals surface area contributed by atoms with E-state index in [4.69, 9.17) is 0 Å². The fraction of sp³-hybridized carbons (Fsp3) is 0.562. The number of ketones is 1. The molecule has 0 saturated carbocycles. The molecule has 2 nitrogen and oxygen atoms in total. The van der Waals surface area contributed by atoms with E-state index in [1.54, 1.807) is 0 Å². The first-order valence-electron chi connectivity index (χ1n) is 6.84. The van der Waals surface area contributed by atoms with Gasteiger partial charge < -0.3 is 0 Å². The van der Waals surface area contributed by atoms with E-state index in [0.29, 0.717) is 12.2 Å². The van der Waals surface area contributed by atoms with E-state index >= 15 is 0 Å². The smallest absolute Gasteiger partial charge is 0.156 e. The summed E-state index contributed by atoms with van der Waals surface area (Å²) in [5, 5.41) is 0. The molecule has 2 rings (SSSR count). The Labute approximate surface area is 110 Å². The molecule has 2 heteroatoms. The molecule has 0 atom stereocenters. The number of hydrogen-bond acceptors (Lipinski definition) is 2. The van der Waals surface area contributed by atoms with Gasteiger partial charge >= 0.3 is 0 Å². The SMILES string of the molecule is Cc1cccc(CC(=O)C(C)(C)N2CCCC2)c1. The van der Waals surface area contributed by atoms with Gasteiger partial charge in [-0.2, -0.15) is 0 Å². The van der Waals surface area contributed by atoms with Crippen LogP contribution in [0.3, 0.4) is 0 Å². The summed E-state index contributed by atoms with van der Waals surface area (Å²) in [7, 11) is 0. The maximum atomic E-state index is 12.5. The molecule has 1 aliphatic heterocycles. The molecule has 0 amide bonds. The first kappa shape index (κ1) is 13.3. The van der Waals surface area contributed by atoms with Crippen molar-refractivity contribution < 1.29 is 4.79 Å². The summed E-state index contributed by atoms with van der Waals surface area (Å²) in [6, 6.07) is 8.25. The van der Waals surface area contributed by atoms with E-state index in [0.717, 1.165) is 18.7 Å². The predicted molar refractivity (Wildman–Crippen MR) is 74.8 cm³/mol. The Morgan fingerprint density at radius 2 is 1.94 bits per heavy atom. The Morgan fingerprint density at radius 1 is 1.28 bits per heavy atom. The minimum atomic E-state index is -0.319. The first-order valence-corrected chi connectivity index (χ1v) is 6.84. The van der Waals surface area contributed by atoms with Crippen molar-refractivity contribution >= 4 is 5.78 Å². The molecular weight excluding hydrogens is 222 g/mol. The molecule has 0 aromatic heterocycles. The quantitative estimate of drug-likeness (QED) is 0.813. The lowest BCUT2D eigenvalue weighted by Crippen LogP contribution is -2.49. The van der Waals surface area contributed by atoms with Crippen LogP contribution in [0.25, 0.3) is 0 Å². The Balaban J connectivity index is 2.06. The number of hydrogen-bond donors (Lipinski definition) is 0. The zero-order chi connectivity index (χ0) is 13.2. The largest absolute Gasteiger partial charge is 0.297 e. The van der Waals surface area contributed by atoms with E-state index in [1.165, 1.54) is 18.4 Å². The normalized spacial score (nSPS) is 17.1. The van der Waals surface area contributed by atoms with Gasteiger partial charge in [-0.25, -0.2) is 0 Å². The van der Waals surface area contributed by atoms with Crippen LogP contribution in [0.2, 0.25) is 0 Å². The van der Waals surface area contributed by atoms with Crippen molar-refractivity contribution in [2.24, 2.45) is 0 Å². The molecule has 1 saturated heterocycles. The van der Waals surface area contributed by atoms with Gasteiger partial charge in [-0.15, -0.1) is 0 Å². The van der Waals surface area contributed by atoms with Crippen LogP contribution in [0.15, 0.2) is 24.3 Å². The van der Waals surface area contributed by atoms with Gasteiger partial charge in [0, 0.05) is 6.42 Å². The van der Waals surface area contributed by atoms with Gasteiger partial charge in [0.15, 0.2) is 5.78 Å². The highest BCUT2D eigenvalue weighted by atomic mass is 16.1. The van der Waals surface area contributed by atoms with E-state index in [1.807, 2.05) is 12.1 Å². The Bertz CT molecular complexity index is 430. The molecule has 1 heterocycles. The summed E-state index contributed by atoms with van der Waals surface area (Å²) in [5.41, 5.74) is 2.03. The van der Waals surface area contributed by atoms with Gasteiger partial charge in [-0.3, -0.25) is 9.69 Å². The standard InChI is InChI=1S/C16H23NO/c1-13-7-6-8-14(11-13)12-15(18)16(2,3)17-9-4-5-10-17/h6-8,11H,4-5,9-10,12H2,1-3H3. The minimum Gasteiger partial charge on any atom is -0.297 e. The van der Waals surface area contributed by atoms with Crippen LogP contribution in [0.5, 0.6) is 0 Å². The Kier molecular flexibility index (Phi) is 3.86. The van der Waals surface area contributed by atoms with Gasteiger partial charge in [0.05, 0.1) is 5.54 Å². The second kappa shape index (κ2) is 5.23. The van der Waals surface area contributed by atoms with Crippen LogP contribution in [0, 0.1) is 6.92 Å². The van der Waals surface area contributed by atoms with Crippen LogP contribution in [-0.2, 0) is 11.2 Å². The molecule has 1 aromatic rings. The summed E-state index contributed by atoms with van der Waals surface area (Å²) >= 11 is 0. The van der Waals surface area contributed by atoms with Crippen LogP contribution < -0.4 is 0 Å². The molecule has 1 aliphatic rings. The van der Waals surface area contributed by atoms with Gasteiger partial charge in [-0.1, -0.05) is 29.8 Å². The maximum absolute atomic E-state index is 12.5. The number of rotatable bonds is 4. The molecule has 1 aromatic carbocycles. The van der Waals surface area contributed by atoms with E-state index in [-0.39, 0.29) is 5.54 Å². The zero-order valence-corrected chi connectivity index (χ0v) is 11.7. The lowest BCUT2D eigenvalue weighted by Gasteiger charge is -2.34. The summed E-state index contributed by atoms with van der Waals surface area (Å²) in [6.45, 7) is 8.33. The minimum absolute atomic E-state index is 0.319. The third kappa shape index (κ3) is 2.81. The lowest BCUT2D eigenvalue weighted by molar-refractivity contribution is -0.128. The highest BCUT2D eigenvalue weighted by Crippen LogP contribution is 2.23. The fourth-order valence-corrected chi connectivity index (χ4v) is 2.68. The number of Topliss-reactive ketones (excluding diaryl/α,β-unsaturated/α-hetero) is 1. The van der Waals surface area contributed by atoms with Gasteiger partial charge in [-0.05, 0) is 52.3 Å². The molecular formula is C16H23NO. The molecule has 0 spiro atoms. The second-order valence-corrected chi connectivity index (χ2v) is 5.84. The van der Waals surface area contributed by atoms with Gasteiger partial charge in [0.25, 0.3) is 0 Å². The third-order valence-corrected chi connectivity index (χ3v) is 4.03. The Hall–Kier alpha value is -1.15. The van der Waals surface area contributed by atoms with Gasteiger partial charge in [0.1, 0.15) is 0 Å². The molecule has 18 heavy (non-hydrogen) atoms. The molecule has 0 unspecified atom stereocenters. The fourth-order valence-electron chi connectivity index (χ4n) is 2.68. The van der Waals surface area contributed by atoms with Crippen LogP contribution in [0.4, 0.5) is 0 Å². The van der Waals surface area contributed by atoms with Crippen molar-refractivity contribution in [3.8, 4) is 0 Å². The lowest BCUT2D eigenvalue weighted by atomic mass is 9.91. The average molecular weight is 245 g/mol. The number of nitrogens with zero attached hydrogens (tertiary/aromatic N) is 1. The van der Waals surface area contributed by atoms with Crippen LogP contribution in [-0.4, -0.2) is 29.3 Å². The third-order valence-electron chi connectivity index (χ3n) is 4.03. The molecule has 1 fully saturated rings. The first-order chi connectivity index (χ1) is 8.50. The van der Waals surface area contributed by atoms with E-state index < -0.39 is 0 Å². The Morgan fingerprint density at radius 3 is 2.56 bits per heavy atom. The molecule has 0 bridgehead atoms. The monoisotopic (exact) mass is 245 g/mol. The van der Waals surface area contributed by atoms with Crippen LogP contribution in [0.1, 0.15) is 37.8 Å².